The highest BCUT2D eigenvalue weighted by Crippen LogP contribution is 2.47. The minimum absolute atomic E-state index is 0.589. The van der Waals surface area contributed by atoms with Crippen molar-refractivity contribution in [3.8, 4) is 0 Å². The van der Waals surface area contributed by atoms with Gasteiger partial charge in [0, 0.05) is 0 Å². The molecule has 0 saturated heterocycles. The molecule has 0 nitrogen and oxygen atoms in total. The van der Waals surface area contributed by atoms with Crippen LogP contribution in [0.4, 0.5) is 0 Å². The Morgan fingerprint density at radius 3 is 2.17 bits per heavy atom. The minimum Gasteiger partial charge on any atom is -0.0625 e. The van der Waals surface area contributed by atoms with E-state index in [9.17, 15) is 0 Å². The maximum atomic E-state index is 2.45. The molecule has 1 aliphatic carbocycles. The lowest BCUT2D eigenvalue weighted by Gasteiger charge is -2.45. The van der Waals surface area contributed by atoms with Gasteiger partial charge in [0.25, 0.3) is 0 Å². The molecule has 0 aromatic carbocycles. The lowest BCUT2D eigenvalue weighted by Crippen LogP contribution is -2.36. The summed E-state index contributed by atoms with van der Waals surface area (Å²) in [6.45, 7) is 12.1. The van der Waals surface area contributed by atoms with Gasteiger partial charge in [0.05, 0.1) is 0 Å². The van der Waals surface area contributed by atoms with Crippen molar-refractivity contribution < 1.29 is 0 Å². The Labute approximate surface area is 77.7 Å². The Morgan fingerprint density at radius 2 is 1.83 bits per heavy atom. The Hall–Kier alpha value is 0. The summed E-state index contributed by atoms with van der Waals surface area (Å²) in [6.07, 6.45) is 4.32. The summed E-state index contributed by atoms with van der Waals surface area (Å²) < 4.78 is 0. The molecule has 2 unspecified atom stereocenters. The van der Waals surface area contributed by atoms with Crippen LogP contribution in [0.5, 0.6) is 0 Å². The Morgan fingerprint density at radius 1 is 1.25 bits per heavy atom. The standard InChI is InChI=1S/C12H24/c1-9(2)11-10(3)7-6-8-12(11,4)5/h9-11H,6-8H2,1-5H3. The maximum absolute atomic E-state index is 2.45. The van der Waals surface area contributed by atoms with Gasteiger partial charge in [0.2, 0.25) is 0 Å². The molecule has 0 aromatic rings. The van der Waals surface area contributed by atoms with Crippen molar-refractivity contribution in [2.24, 2.45) is 23.2 Å². The SMILES string of the molecule is CC(C)C1C(C)CCCC1(C)C. The van der Waals surface area contributed by atoms with Gasteiger partial charge < -0.3 is 0 Å². The van der Waals surface area contributed by atoms with Gasteiger partial charge in [-0.3, -0.25) is 0 Å². The molecule has 1 aliphatic rings. The van der Waals surface area contributed by atoms with E-state index in [1.165, 1.54) is 19.3 Å². The van der Waals surface area contributed by atoms with E-state index in [-0.39, 0.29) is 0 Å². The topological polar surface area (TPSA) is 0 Å². The van der Waals surface area contributed by atoms with Crippen molar-refractivity contribution in [3.05, 3.63) is 0 Å². The zero-order valence-corrected chi connectivity index (χ0v) is 9.35. The zero-order valence-electron chi connectivity index (χ0n) is 9.35. The maximum Gasteiger partial charge on any atom is -0.0314 e. The van der Waals surface area contributed by atoms with Crippen molar-refractivity contribution in [3.63, 3.8) is 0 Å². The smallest absolute Gasteiger partial charge is 0.0314 e. The largest absolute Gasteiger partial charge is 0.0625 e. The van der Waals surface area contributed by atoms with Gasteiger partial charge in [-0.05, 0) is 29.6 Å². The van der Waals surface area contributed by atoms with Gasteiger partial charge in [0.15, 0.2) is 0 Å². The van der Waals surface area contributed by atoms with Crippen molar-refractivity contribution >= 4 is 0 Å². The molecule has 0 heteroatoms. The first-order valence-corrected chi connectivity index (χ1v) is 5.45. The molecule has 0 bridgehead atoms. The van der Waals surface area contributed by atoms with Crippen molar-refractivity contribution in [2.45, 2.75) is 53.9 Å². The van der Waals surface area contributed by atoms with Crippen LogP contribution < -0.4 is 0 Å². The zero-order chi connectivity index (χ0) is 9.35. The van der Waals surface area contributed by atoms with Crippen LogP contribution in [0, 0.1) is 23.2 Å². The lowest BCUT2D eigenvalue weighted by atomic mass is 9.60. The molecule has 1 fully saturated rings. The van der Waals surface area contributed by atoms with Crippen molar-refractivity contribution in [1.82, 2.24) is 0 Å². The van der Waals surface area contributed by atoms with E-state index in [4.69, 9.17) is 0 Å². The van der Waals surface area contributed by atoms with Gasteiger partial charge in [-0.1, -0.05) is 47.5 Å². The second-order valence-corrected chi connectivity index (χ2v) is 5.63. The highest BCUT2D eigenvalue weighted by Gasteiger charge is 2.38. The fourth-order valence-electron chi connectivity index (χ4n) is 3.56. The predicted octanol–water partition coefficient (Wildman–Crippen LogP) is 4.10. The third kappa shape index (κ3) is 1.84. The first-order valence-electron chi connectivity index (χ1n) is 5.45. The van der Waals surface area contributed by atoms with Gasteiger partial charge >= 0.3 is 0 Å². The van der Waals surface area contributed by atoms with Crippen LogP contribution in [-0.4, -0.2) is 0 Å². The average Bonchev–Trinajstić information content (AvgIpc) is 1.82. The van der Waals surface area contributed by atoms with Crippen molar-refractivity contribution in [1.29, 1.82) is 0 Å². The lowest BCUT2D eigenvalue weighted by molar-refractivity contribution is 0.0460. The molecule has 0 aliphatic heterocycles. The fraction of sp³-hybridized carbons (Fsp3) is 1.00. The monoisotopic (exact) mass is 168 g/mol. The van der Waals surface area contributed by atoms with E-state index >= 15 is 0 Å². The second-order valence-electron chi connectivity index (χ2n) is 5.63. The van der Waals surface area contributed by atoms with Crippen LogP contribution in [-0.2, 0) is 0 Å². The molecule has 0 radical (unpaired) electrons. The molecule has 1 saturated carbocycles. The third-order valence-electron chi connectivity index (χ3n) is 3.71. The minimum atomic E-state index is 0.589. The Bertz CT molecular complexity index is 144. The first kappa shape index (κ1) is 10.1. The van der Waals surface area contributed by atoms with Gasteiger partial charge in [-0.25, -0.2) is 0 Å². The molecule has 0 amide bonds. The third-order valence-corrected chi connectivity index (χ3v) is 3.71. The quantitative estimate of drug-likeness (QED) is 0.553. The Balaban J connectivity index is 2.74. The summed E-state index contributed by atoms with van der Waals surface area (Å²) in [6, 6.07) is 0. The van der Waals surface area contributed by atoms with Gasteiger partial charge in [-0.15, -0.1) is 0 Å². The number of hydrogen-bond acceptors (Lipinski definition) is 0. The Kier molecular flexibility index (Phi) is 2.85. The van der Waals surface area contributed by atoms with E-state index in [1.54, 1.807) is 0 Å². The fourth-order valence-corrected chi connectivity index (χ4v) is 3.56. The number of rotatable bonds is 1. The van der Waals surface area contributed by atoms with Crippen LogP contribution in [0.3, 0.4) is 0 Å². The predicted molar refractivity (Wildman–Crippen MR) is 55.1 cm³/mol. The molecule has 0 aromatic heterocycles. The molecule has 0 heterocycles. The molecule has 1 rings (SSSR count). The molecular weight excluding hydrogens is 144 g/mol. The average molecular weight is 168 g/mol. The molecule has 0 N–H and O–H groups in total. The number of hydrogen-bond donors (Lipinski definition) is 0. The first-order chi connectivity index (χ1) is 5.45. The van der Waals surface area contributed by atoms with Crippen LogP contribution >= 0.6 is 0 Å². The van der Waals surface area contributed by atoms with Crippen LogP contribution in [0.15, 0.2) is 0 Å². The molecule has 72 valence electrons. The highest BCUT2D eigenvalue weighted by molar-refractivity contribution is 4.87. The van der Waals surface area contributed by atoms with E-state index in [0.29, 0.717) is 5.41 Å². The van der Waals surface area contributed by atoms with Crippen LogP contribution in [0.1, 0.15) is 53.9 Å². The second kappa shape index (κ2) is 3.40. The summed E-state index contributed by atoms with van der Waals surface area (Å²) in [5.41, 5.74) is 0.589. The molecular formula is C12H24. The normalized spacial score (nSPS) is 35.5. The van der Waals surface area contributed by atoms with Crippen molar-refractivity contribution in [2.75, 3.05) is 0 Å². The van der Waals surface area contributed by atoms with Crippen LogP contribution in [0.2, 0.25) is 0 Å². The van der Waals surface area contributed by atoms with Gasteiger partial charge in [-0.2, -0.15) is 0 Å². The summed E-state index contributed by atoms with van der Waals surface area (Å²) in [5.74, 6) is 2.73. The summed E-state index contributed by atoms with van der Waals surface area (Å²) >= 11 is 0. The molecule has 12 heavy (non-hydrogen) atoms. The summed E-state index contributed by atoms with van der Waals surface area (Å²) in [4.78, 5) is 0. The summed E-state index contributed by atoms with van der Waals surface area (Å²) in [5, 5.41) is 0. The summed E-state index contributed by atoms with van der Waals surface area (Å²) in [7, 11) is 0. The van der Waals surface area contributed by atoms with Gasteiger partial charge in [0.1, 0.15) is 0 Å². The molecule has 2 atom stereocenters. The van der Waals surface area contributed by atoms with E-state index in [1.807, 2.05) is 0 Å². The van der Waals surface area contributed by atoms with E-state index in [2.05, 4.69) is 34.6 Å². The highest BCUT2D eigenvalue weighted by atomic mass is 14.4. The van der Waals surface area contributed by atoms with E-state index < -0.39 is 0 Å². The molecule has 0 spiro atoms. The van der Waals surface area contributed by atoms with Crippen LogP contribution in [0.25, 0.3) is 0 Å². The van der Waals surface area contributed by atoms with E-state index in [0.717, 1.165) is 17.8 Å².